The van der Waals surface area contributed by atoms with Crippen LogP contribution in [0.25, 0.3) is 0 Å². The van der Waals surface area contributed by atoms with Gasteiger partial charge in [-0.2, -0.15) is 0 Å². The first-order chi connectivity index (χ1) is 10.0. The van der Waals surface area contributed by atoms with Crippen LogP contribution in [-0.2, 0) is 6.42 Å². The van der Waals surface area contributed by atoms with Crippen LogP contribution in [0.4, 0.5) is 0 Å². The second-order valence-corrected chi connectivity index (χ2v) is 6.36. The lowest BCUT2D eigenvalue weighted by Gasteiger charge is -2.14. The second-order valence-electron chi connectivity index (χ2n) is 5.51. The topological polar surface area (TPSA) is 29.5 Å². The highest BCUT2D eigenvalue weighted by Gasteiger charge is 2.11. The van der Waals surface area contributed by atoms with Gasteiger partial charge in [-0.25, -0.2) is 0 Å². The van der Waals surface area contributed by atoms with Gasteiger partial charge in [0.15, 0.2) is 0 Å². The molecule has 0 spiro atoms. The maximum absolute atomic E-state index is 10.4. The Morgan fingerprint density at radius 1 is 1.05 bits per heavy atom. The van der Waals surface area contributed by atoms with Gasteiger partial charge in [0.05, 0.1) is 17.7 Å². The molecule has 0 saturated carbocycles. The Labute approximate surface area is 134 Å². The smallest absolute Gasteiger partial charge is 0.133 e. The maximum Gasteiger partial charge on any atom is 0.133 e. The molecule has 1 atom stereocenters. The van der Waals surface area contributed by atoms with Crippen molar-refractivity contribution in [1.82, 2.24) is 0 Å². The molecular weight excluding hydrogens is 328 g/mol. The summed E-state index contributed by atoms with van der Waals surface area (Å²) in [5.41, 5.74) is 3.34. The predicted molar refractivity (Wildman–Crippen MR) is 89.9 cm³/mol. The molecule has 2 aromatic rings. The molecule has 0 radical (unpaired) electrons. The van der Waals surface area contributed by atoms with Crippen LogP contribution in [0, 0.1) is 0 Å². The molecule has 1 N–H and O–H groups in total. The van der Waals surface area contributed by atoms with Crippen LogP contribution < -0.4 is 4.74 Å². The van der Waals surface area contributed by atoms with E-state index in [1.54, 1.807) is 7.11 Å². The fourth-order valence-electron chi connectivity index (χ4n) is 2.27. The van der Waals surface area contributed by atoms with E-state index >= 15 is 0 Å². The van der Waals surface area contributed by atoms with E-state index in [1.807, 2.05) is 18.2 Å². The SMILES string of the molecule is COc1ccc(C(O)Cc2ccc(C(C)C)cc2)cc1Br. The number of halogens is 1. The number of rotatable bonds is 5. The molecule has 0 aliphatic rings. The Morgan fingerprint density at radius 3 is 2.19 bits per heavy atom. The highest BCUT2D eigenvalue weighted by atomic mass is 79.9. The molecule has 2 rings (SSSR count). The van der Waals surface area contributed by atoms with Gasteiger partial charge in [0.1, 0.15) is 5.75 Å². The molecule has 0 amide bonds. The number of hydrogen-bond acceptors (Lipinski definition) is 2. The lowest BCUT2D eigenvalue weighted by molar-refractivity contribution is 0.178. The minimum absolute atomic E-state index is 0.517. The van der Waals surface area contributed by atoms with Gasteiger partial charge in [-0.05, 0) is 50.7 Å². The molecule has 0 saturated heterocycles. The molecule has 0 aliphatic heterocycles. The van der Waals surface area contributed by atoms with Crippen molar-refractivity contribution in [2.24, 2.45) is 0 Å². The third-order valence-electron chi connectivity index (χ3n) is 3.64. The van der Waals surface area contributed by atoms with Crippen molar-refractivity contribution in [2.75, 3.05) is 7.11 Å². The van der Waals surface area contributed by atoms with Crippen molar-refractivity contribution < 1.29 is 9.84 Å². The number of benzene rings is 2. The van der Waals surface area contributed by atoms with Crippen molar-refractivity contribution in [2.45, 2.75) is 32.3 Å². The summed E-state index contributed by atoms with van der Waals surface area (Å²) in [6, 6.07) is 14.1. The van der Waals surface area contributed by atoms with E-state index in [0.29, 0.717) is 12.3 Å². The Hall–Kier alpha value is -1.32. The molecule has 0 aliphatic carbocycles. The minimum Gasteiger partial charge on any atom is -0.496 e. The van der Waals surface area contributed by atoms with E-state index in [-0.39, 0.29) is 0 Å². The van der Waals surface area contributed by atoms with E-state index in [0.717, 1.165) is 21.3 Å². The van der Waals surface area contributed by atoms with Gasteiger partial charge in [-0.1, -0.05) is 44.2 Å². The fraction of sp³-hybridized carbons (Fsp3) is 0.333. The van der Waals surface area contributed by atoms with Gasteiger partial charge in [0.2, 0.25) is 0 Å². The third-order valence-corrected chi connectivity index (χ3v) is 4.26. The van der Waals surface area contributed by atoms with E-state index in [4.69, 9.17) is 4.74 Å². The van der Waals surface area contributed by atoms with Crippen LogP contribution in [0.15, 0.2) is 46.9 Å². The van der Waals surface area contributed by atoms with Gasteiger partial charge in [-0.3, -0.25) is 0 Å². The Bertz CT molecular complexity index is 591. The van der Waals surface area contributed by atoms with E-state index < -0.39 is 6.10 Å². The predicted octanol–water partition coefficient (Wildman–Crippen LogP) is 4.86. The summed E-state index contributed by atoms with van der Waals surface area (Å²) in [6.45, 7) is 4.36. The van der Waals surface area contributed by atoms with Crippen LogP contribution in [0.2, 0.25) is 0 Å². The van der Waals surface area contributed by atoms with Crippen molar-refractivity contribution >= 4 is 15.9 Å². The molecule has 21 heavy (non-hydrogen) atoms. The van der Waals surface area contributed by atoms with Gasteiger partial charge < -0.3 is 9.84 Å². The van der Waals surface area contributed by atoms with Crippen molar-refractivity contribution in [1.29, 1.82) is 0 Å². The maximum atomic E-state index is 10.4. The van der Waals surface area contributed by atoms with Crippen LogP contribution >= 0.6 is 15.9 Å². The van der Waals surface area contributed by atoms with Crippen LogP contribution in [0.1, 0.15) is 42.6 Å². The quantitative estimate of drug-likeness (QED) is 0.836. The summed E-state index contributed by atoms with van der Waals surface area (Å²) in [6.07, 6.45) is 0.0917. The zero-order chi connectivity index (χ0) is 15.4. The largest absolute Gasteiger partial charge is 0.496 e. The van der Waals surface area contributed by atoms with Crippen molar-refractivity contribution in [3.63, 3.8) is 0 Å². The Kier molecular flexibility index (Phi) is 5.43. The highest BCUT2D eigenvalue weighted by Crippen LogP contribution is 2.29. The average Bonchev–Trinajstić information content (AvgIpc) is 2.47. The first-order valence-corrected chi connectivity index (χ1v) is 7.91. The van der Waals surface area contributed by atoms with Crippen LogP contribution in [-0.4, -0.2) is 12.2 Å². The third kappa shape index (κ3) is 4.08. The molecule has 1 unspecified atom stereocenters. The minimum atomic E-state index is -0.517. The van der Waals surface area contributed by atoms with Crippen LogP contribution in [0.5, 0.6) is 5.75 Å². The summed E-state index contributed by atoms with van der Waals surface area (Å²) in [5, 5.41) is 10.4. The number of aliphatic hydroxyl groups excluding tert-OH is 1. The average molecular weight is 349 g/mol. The molecule has 2 nitrogen and oxygen atoms in total. The van der Waals surface area contributed by atoms with Gasteiger partial charge in [-0.15, -0.1) is 0 Å². The Morgan fingerprint density at radius 2 is 1.67 bits per heavy atom. The van der Waals surface area contributed by atoms with E-state index in [2.05, 4.69) is 54.0 Å². The number of hydrogen-bond donors (Lipinski definition) is 1. The second kappa shape index (κ2) is 7.10. The summed E-state index contributed by atoms with van der Waals surface area (Å²) >= 11 is 3.45. The molecule has 112 valence electrons. The van der Waals surface area contributed by atoms with E-state index in [9.17, 15) is 5.11 Å². The molecule has 0 bridgehead atoms. The molecule has 3 heteroatoms. The normalized spacial score (nSPS) is 12.5. The summed E-state index contributed by atoms with van der Waals surface area (Å²) in [7, 11) is 1.63. The number of ether oxygens (including phenoxy) is 1. The molecular formula is C18H21BrO2. The molecule has 2 aromatic carbocycles. The van der Waals surface area contributed by atoms with Crippen molar-refractivity contribution in [3.05, 3.63) is 63.6 Å². The summed E-state index contributed by atoms with van der Waals surface area (Å²) in [4.78, 5) is 0. The summed E-state index contributed by atoms with van der Waals surface area (Å²) < 4.78 is 6.06. The number of methoxy groups -OCH3 is 1. The first-order valence-electron chi connectivity index (χ1n) is 7.11. The standard InChI is InChI=1S/C18H21BrO2/c1-12(2)14-6-4-13(5-7-14)10-17(20)15-8-9-18(21-3)16(19)11-15/h4-9,11-12,17,20H,10H2,1-3H3. The lowest BCUT2D eigenvalue weighted by Crippen LogP contribution is -2.02. The zero-order valence-electron chi connectivity index (χ0n) is 12.6. The summed E-state index contributed by atoms with van der Waals surface area (Å²) in [5.74, 6) is 1.30. The fourth-order valence-corrected chi connectivity index (χ4v) is 2.83. The van der Waals surface area contributed by atoms with Gasteiger partial charge in [0, 0.05) is 6.42 Å². The van der Waals surface area contributed by atoms with E-state index in [1.165, 1.54) is 5.56 Å². The molecule has 0 fully saturated rings. The zero-order valence-corrected chi connectivity index (χ0v) is 14.2. The molecule has 0 heterocycles. The highest BCUT2D eigenvalue weighted by molar-refractivity contribution is 9.10. The number of aliphatic hydroxyl groups is 1. The molecule has 0 aromatic heterocycles. The van der Waals surface area contributed by atoms with Gasteiger partial charge >= 0.3 is 0 Å². The monoisotopic (exact) mass is 348 g/mol. The van der Waals surface area contributed by atoms with Crippen LogP contribution in [0.3, 0.4) is 0 Å². The lowest BCUT2D eigenvalue weighted by atomic mass is 9.97. The first kappa shape index (κ1) is 16.1. The van der Waals surface area contributed by atoms with Crippen molar-refractivity contribution in [3.8, 4) is 5.75 Å². The Balaban J connectivity index is 2.10. The van der Waals surface area contributed by atoms with Gasteiger partial charge in [0.25, 0.3) is 0 Å².